The van der Waals surface area contributed by atoms with Crippen LogP contribution in [-0.4, -0.2) is 8.07 Å². The number of para-hydroxylation sites is 3. The average Bonchev–Trinajstić information content (AvgIpc) is 3.78. The first-order valence-corrected chi connectivity index (χ1v) is 28.3. The maximum absolute atomic E-state index is 10.0. The molecular formula is C65H48N2OSSi. The molecule has 2 heterocycles. The maximum Gasteiger partial charge on any atom is 0.137 e. The molecule has 13 rings (SSSR count). The SMILES string of the molecule is [2H]c1c2c3c(cccc3c3cc(N(c4ccc5c(c4)oc4ccccc45)c4ccccc4-c4ccccc4)ccc13)Sc1cc(-c3ccc(N(c4ccccc4)c4ccc([Si](C)(C)C)cc4)cc3)ccc1-2. The number of hydrogen-bond acceptors (Lipinski definition) is 4. The molecule has 0 atom stereocenters. The lowest BCUT2D eigenvalue weighted by Gasteiger charge is -2.28. The molecule has 334 valence electrons. The zero-order valence-electron chi connectivity index (χ0n) is 40.2. The Balaban J connectivity index is 0.901. The molecule has 0 unspecified atom stereocenters. The lowest BCUT2D eigenvalue weighted by Crippen LogP contribution is -2.37. The molecule has 0 radical (unpaired) electrons. The van der Waals surface area contributed by atoms with Gasteiger partial charge in [-0.15, -0.1) is 0 Å². The minimum Gasteiger partial charge on any atom is -0.456 e. The molecule has 12 aromatic rings. The summed E-state index contributed by atoms with van der Waals surface area (Å²) in [4.78, 5) is 7.01. The van der Waals surface area contributed by atoms with E-state index in [1.54, 1.807) is 11.8 Å². The minimum absolute atomic E-state index is 0.545. The smallest absolute Gasteiger partial charge is 0.137 e. The number of benzene rings is 11. The Morgan fingerprint density at radius 3 is 1.83 bits per heavy atom. The van der Waals surface area contributed by atoms with Gasteiger partial charge in [0.2, 0.25) is 0 Å². The van der Waals surface area contributed by atoms with Crippen molar-refractivity contribution in [3.8, 4) is 33.4 Å². The van der Waals surface area contributed by atoms with Crippen molar-refractivity contribution in [2.24, 2.45) is 0 Å². The van der Waals surface area contributed by atoms with Gasteiger partial charge >= 0.3 is 0 Å². The Labute approximate surface area is 415 Å². The maximum atomic E-state index is 10.0. The Morgan fingerprint density at radius 1 is 0.400 bits per heavy atom. The van der Waals surface area contributed by atoms with E-state index in [2.05, 4.69) is 248 Å². The van der Waals surface area contributed by atoms with E-state index in [-0.39, 0.29) is 0 Å². The number of fused-ring (bicyclic) bond motifs is 7. The van der Waals surface area contributed by atoms with Gasteiger partial charge in [-0.1, -0.05) is 176 Å². The molecule has 0 aliphatic carbocycles. The highest BCUT2D eigenvalue weighted by Gasteiger charge is 2.25. The first-order valence-electron chi connectivity index (χ1n) is 24.5. The predicted molar refractivity (Wildman–Crippen MR) is 302 cm³/mol. The highest BCUT2D eigenvalue weighted by molar-refractivity contribution is 7.99. The van der Waals surface area contributed by atoms with Crippen LogP contribution in [0.25, 0.3) is 76.9 Å². The summed E-state index contributed by atoms with van der Waals surface area (Å²) in [7, 11) is -1.44. The molecule has 0 amide bonds. The van der Waals surface area contributed by atoms with E-state index in [0.29, 0.717) is 6.04 Å². The van der Waals surface area contributed by atoms with E-state index >= 15 is 0 Å². The third-order valence-electron chi connectivity index (χ3n) is 13.9. The summed E-state index contributed by atoms with van der Waals surface area (Å²) in [6, 6.07) is 83.3. The van der Waals surface area contributed by atoms with Gasteiger partial charge in [0.15, 0.2) is 0 Å². The van der Waals surface area contributed by atoms with Gasteiger partial charge in [-0.25, -0.2) is 0 Å². The largest absolute Gasteiger partial charge is 0.456 e. The zero-order valence-corrected chi connectivity index (χ0v) is 41.0. The molecular weight excluding hydrogens is 885 g/mol. The van der Waals surface area contributed by atoms with E-state index < -0.39 is 8.07 Å². The van der Waals surface area contributed by atoms with Crippen molar-refractivity contribution < 1.29 is 5.79 Å². The van der Waals surface area contributed by atoms with Gasteiger partial charge in [0.1, 0.15) is 11.2 Å². The summed E-state index contributed by atoms with van der Waals surface area (Å²) in [5.74, 6) is 0. The van der Waals surface area contributed by atoms with Crippen molar-refractivity contribution in [2.45, 2.75) is 29.4 Å². The van der Waals surface area contributed by atoms with Crippen molar-refractivity contribution in [1.82, 2.24) is 0 Å². The van der Waals surface area contributed by atoms with Gasteiger partial charge in [0.05, 0.1) is 15.1 Å². The molecule has 1 aliphatic rings. The first-order chi connectivity index (χ1) is 34.7. The van der Waals surface area contributed by atoms with Gasteiger partial charge in [0, 0.05) is 66.0 Å². The van der Waals surface area contributed by atoms with Crippen molar-refractivity contribution in [2.75, 3.05) is 9.80 Å². The monoisotopic (exact) mass is 933 g/mol. The molecule has 0 N–H and O–H groups in total. The molecule has 0 spiro atoms. The zero-order chi connectivity index (χ0) is 47.8. The van der Waals surface area contributed by atoms with Gasteiger partial charge in [-0.2, -0.15) is 0 Å². The van der Waals surface area contributed by atoms with Crippen LogP contribution in [0, 0.1) is 0 Å². The second-order valence-electron chi connectivity index (χ2n) is 19.2. The molecule has 0 saturated carbocycles. The number of furan rings is 1. The van der Waals surface area contributed by atoms with Crippen molar-refractivity contribution in [1.29, 1.82) is 0 Å². The molecule has 0 fully saturated rings. The lowest BCUT2D eigenvalue weighted by atomic mass is 9.91. The molecule has 0 bridgehead atoms. The van der Waals surface area contributed by atoms with Crippen LogP contribution in [-0.2, 0) is 0 Å². The van der Waals surface area contributed by atoms with Crippen LogP contribution in [0.15, 0.2) is 251 Å². The van der Waals surface area contributed by atoms with Gasteiger partial charge in [-0.05, 0) is 135 Å². The van der Waals surface area contributed by atoms with Gasteiger partial charge < -0.3 is 14.2 Å². The van der Waals surface area contributed by atoms with E-state index in [4.69, 9.17) is 4.42 Å². The molecule has 5 heteroatoms. The number of hydrogen-bond donors (Lipinski definition) is 0. The third kappa shape index (κ3) is 7.29. The summed E-state index contributed by atoms with van der Waals surface area (Å²) in [5.41, 5.74) is 14.8. The Hall–Kier alpha value is -8.09. The Morgan fingerprint density at radius 2 is 1.03 bits per heavy atom. The van der Waals surface area contributed by atoms with Crippen LogP contribution < -0.4 is 15.0 Å². The van der Waals surface area contributed by atoms with Crippen LogP contribution >= 0.6 is 11.8 Å². The van der Waals surface area contributed by atoms with Gasteiger partial charge in [0.25, 0.3) is 0 Å². The van der Waals surface area contributed by atoms with E-state index in [9.17, 15) is 1.37 Å². The molecule has 70 heavy (non-hydrogen) atoms. The summed E-state index contributed by atoms with van der Waals surface area (Å²) < 4.78 is 16.5. The fraction of sp³-hybridized carbons (Fsp3) is 0.0462. The highest BCUT2D eigenvalue weighted by atomic mass is 32.2. The van der Waals surface area contributed by atoms with E-state index in [0.717, 1.165) is 116 Å². The number of anilines is 6. The fourth-order valence-corrected chi connectivity index (χ4v) is 12.7. The summed E-state index contributed by atoms with van der Waals surface area (Å²) in [5, 5.41) is 7.90. The molecule has 3 nitrogen and oxygen atoms in total. The third-order valence-corrected chi connectivity index (χ3v) is 17.1. The van der Waals surface area contributed by atoms with E-state index in [1.165, 1.54) is 10.1 Å². The topological polar surface area (TPSA) is 19.6 Å². The molecule has 11 aromatic carbocycles. The summed E-state index contributed by atoms with van der Waals surface area (Å²) in [6.45, 7) is 7.18. The normalized spacial score (nSPS) is 12.4. The first kappa shape index (κ1) is 40.9. The van der Waals surface area contributed by atoms with Crippen LogP contribution in [0.4, 0.5) is 34.1 Å². The van der Waals surface area contributed by atoms with Crippen molar-refractivity contribution in [3.63, 3.8) is 0 Å². The quantitative estimate of drug-likeness (QED) is 0.106. The Kier molecular flexibility index (Phi) is 9.85. The highest BCUT2D eigenvalue weighted by Crippen LogP contribution is 2.52. The van der Waals surface area contributed by atoms with Crippen LogP contribution in [0.3, 0.4) is 0 Å². The van der Waals surface area contributed by atoms with Crippen LogP contribution in [0.2, 0.25) is 19.6 Å². The standard InChI is InChI=1S/C65H48N2OSSi/c1-70(2,3)52-35-32-49(33-36-52)66(47-17-8-5-9-18-47)48-29-25-43(26-30-48)45-28-37-56-59-39-46-27-31-50(41-58(46)57-21-14-24-63(65(57)59)69-64(56)40-45)67(60-22-12-10-19-53(60)44-15-6-4-7-16-44)51-34-38-55-54-20-11-13-23-61(54)68-62(55)42-51/h4-42H,1-3H3/i39D. The number of rotatable bonds is 9. The minimum atomic E-state index is -1.44. The van der Waals surface area contributed by atoms with E-state index in [1.807, 2.05) is 12.1 Å². The lowest BCUT2D eigenvalue weighted by molar-refractivity contribution is 0.669. The second-order valence-corrected chi connectivity index (χ2v) is 25.4. The fourth-order valence-electron chi connectivity index (χ4n) is 10.4. The van der Waals surface area contributed by atoms with Crippen LogP contribution in [0.1, 0.15) is 1.37 Å². The Bertz CT molecular complexity index is 4020. The molecule has 1 aliphatic heterocycles. The van der Waals surface area contributed by atoms with Crippen molar-refractivity contribution >= 4 is 103 Å². The molecule has 0 saturated heterocycles. The average molecular weight is 934 g/mol. The predicted octanol–water partition coefficient (Wildman–Crippen LogP) is 18.8. The van der Waals surface area contributed by atoms with Gasteiger partial charge in [-0.3, -0.25) is 0 Å². The number of nitrogens with zero attached hydrogens (tertiary/aromatic N) is 2. The summed E-state index contributed by atoms with van der Waals surface area (Å²) >= 11 is 1.80. The van der Waals surface area contributed by atoms with Crippen LogP contribution in [0.5, 0.6) is 0 Å². The second kappa shape index (κ2) is 16.8. The summed E-state index contributed by atoms with van der Waals surface area (Å²) in [6.07, 6.45) is 0. The molecule has 1 aromatic heterocycles. The van der Waals surface area contributed by atoms with Crippen molar-refractivity contribution in [3.05, 3.63) is 237 Å².